The molecule has 68 valence electrons. The molecule has 0 saturated carbocycles. The Morgan fingerprint density at radius 1 is 1.46 bits per heavy atom. The number of aryl methyl sites for hydroxylation is 1. The first-order valence-electron chi connectivity index (χ1n) is 4.02. The second-order valence-electron chi connectivity index (χ2n) is 2.88. The molecule has 0 atom stereocenters. The van der Waals surface area contributed by atoms with Gasteiger partial charge in [0.05, 0.1) is 17.4 Å². The lowest BCUT2D eigenvalue weighted by Gasteiger charge is -2.13. The maximum atomic E-state index is 11.7. The molecule has 0 unspecified atom stereocenters. The Morgan fingerprint density at radius 2 is 2.15 bits per heavy atom. The van der Waals surface area contributed by atoms with Crippen LogP contribution in [0.15, 0.2) is 12.2 Å². The van der Waals surface area contributed by atoms with Crippen molar-refractivity contribution >= 4 is 17.6 Å². The Bertz CT molecular complexity index is 350. The smallest absolute Gasteiger partial charge is 0.276 e. The van der Waals surface area contributed by atoms with Crippen molar-refractivity contribution in [2.45, 2.75) is 6.92 Å². The molecule has 0 aliphatic carbocycles. The lowest BCUT2D eigenvalue weighted by Crippen LogP contribution is -2.28. The number of aromatic nitrogens is 2. The van der Waals surface area contributed by atoms with Crippen molar-refractivity contribution in [1.82, 2.24) is 13.6 Å². The molecule has 0 radical (unpaired) electrons. The van der Waals surface area contributed by atoms with Gasteiger partial charge in [-0.05, 0) is 6.92 Å². The highest BCUT2D eigenvalue weighted by atomic mass is 32.1. The molecule has 1 aliphatic heterocycles. The summed E-state index contributed by atoms with van der Waals surface area (Å²) in [5, 5.41) is 0. The van der Waals surface area contributed by atoms with E-state index in [4.69, 9.17) is 0 Å². The van der Waals surface area contributed by atoms with Gasteiger partial charge in [0.1, 0.15) is 0 Å². The SMILES string of the molecule is Cc1nsnc1C(=O)N1CC=CC1. The molecule has 1 aromatic heterocycles. The van der Waals surface area contributed by atoms with Crippen molar-refractivity contribution in [3.63, 3.8) is 0 Å². The molecular formula is C8H9N3OS. The summed E-state index contributed by atoms with van der Waals surface area (Å²) >= 11 is 1.09. The fraction of sp³-hybridized carbons (Fsp3) is 0.375. The van der Waals surface area contributed by atoms with Gasteiger partial charge in [-0.3, -0.25) is 4.79 Å². The van der Waals surface area contributed by atoms with E-state index in [-0.39, 0.29) is 5.91 Å². The molecule has 2 rings (SSSR count). The van der Waals surface area contributed by atoms with Gasteiger partial charge in [-0.25, -0.2) is 0 Å². The minimum atomic E-state index is -0.0174. The minimum Gasteiger partial charge on any atom is -0.330 e. The third kappa shape index (κ3) is 1.47. The summed E-state index contributed by atoms with van der Waals surface area (Å²) in [5.74, 6) is -0.0174. The Morgan fingerprint density at radius 3 is 2.69 bits per heavy atom. The van der Waals surface area contributed by atoms with E-state index in [9.17, 15) is 4.79 Å². The summed E-state index contributed by atoms with van der Waals surface area (Å²) in [6.07, 6.45) is 3.96. The van der Waals surface area contributed by atoms with Crippen LogP contribution in [0.2, 0.25) is 0 Å². The molecule has 0 spiro atoms. The molecule has 5 heteroatoms. The van der Waals surface area contributed by atoms with Crippen LogP contribution < -0.4 is 0 Å². The lowest BCUT2D eigenvalue weighted by molar-refractivity contribution is 0.0794. The fourth-order valence-electron chi connectivity index (χ4n) is 1.22. The molecule has 0 aromatic carbocycles. The summed E-state index contributed by atoms with van der Waals surface area (Å²) in [6, 6.07) is 0. The topological polar surface area (TPSA) is 46.1 Å². The van der Waals surface area contributed by atoms with E-state index < -0.39 is 0 Å². The van der Waals surface area contributed by atoms with E-state index in [1.165, 1.54) is 0 Å². The molecular weight excluding hydrogens is 186 g/mol. The highest BCUT2D eigenvalue weighted by Gasteiger charge is 2.20. The van der Waals surface area contributed by atoms with E-state index in [0.29, 0.717) is 18.8 Å². The fourth-order valence-corrected chi connectivity index (χ4v) is 1.76. The van der Waals surface area contributed by atoms with Crippen LogP contribution in [0, 0.1) is 6.92 Å². The Balaban J connectivity index is 2.18. The highest BCUT2D eigenvalue weighted by Crippen LogP contribution is 2.10. The van der Waals surface area contributed by atoms with Crippen molar-refractivity contribution in [3.05, 3.63) is 23.5 Å². The zero-order chi connectivity index (χ0) is 9.26. The van der Waals surface area contributed by atoms with Crippen LogP contribution in [0.5, 0.6) is 0 Å². The van der Waals surface area contributed by atoms with Crippen molar-refractivity contribution in [2.24, 2.45) is 0 Å². The van der Waals surface area contributed by atoms with E-state index in [0.717, 1.165) is 17.4 Å². The summed E-state index contributed by atoms with van der Waals surface area (Å²) < 4.78 is 7.94. The maximum absolute atomic E-state index is 11.7. The van der Waals surface area contributed by atoms with Gasteiger partial charge in [0, 0.05) is 13.1 Å². The second kappa shape index (κ2) is 3.26. The van der Waals surface area contributed by atoms with Crippen LogP contribution in [0.1, 0.15) is 16.2 Å². The Kier molecular flexibility index (Phi) is 2.10. The lowest BCUT2D eigenvalue weighted by atomic mass is 10.3. The number of nitrogens with zero attached hydrogens (tertiary/aromatic N) is 3. The van der Waals surface area contributed by atoms with Crippen LogP contribution in [0.3, 0.4) is 0 Å². The van der Waals surface area contributed by atoms with Crippen molar-refractivity contribution < 1.29 is 4.79 Å². The van der Waals surface area contributed by atoms with Gasteiger partial charge < -0.3 is 4.90 Å². The normalized spacial score (nSPS) is 15.3. The highest BCUT2D eigenvalue weighted by molar-refractivity contribution is 6.99. The number of rotatable bonds is 1. The van der Waals surface area contributed by atoms with Crippen molar-refractivity contribution in [3.8, 4) is 0 Å². The van der Waals surface area contributed by atoms with E-state index >= 15 is 0 Å². The van der Waals surface area contributed by atoms with Gasteiger partial charge in [0.15, 0.2) is 5.69 Å². The number of carbonyl (C=O) groups is 1. The molecule has 1 aromatic rings. The van der Waals surface area contributed by atoms with Crippen LogP contribution in [0.25, 0.3) is 0 Å². The van der Waals surface area contributed by atoms with Gasteiger partial charge in [-0.1, -0.05) is 12.2 Å². The first-order valence-corrected chi connectivity index (χ1v) is 4.75. The number of amides is 1. The van der Waals surface area contributed by atoms with Gasteiger partial charge >= 0.3 is 0 Å². The molecule has 1 aliphatic rings. The number of hydrogen-bond donors (Lipinski definition) is 0. The average molecular weight is 195 g/mol. The monoisotopic (exact) mass is 195 g/mol. The first-order chi connectivity index (χ1) is 6.29. The van der Waals surface area contributed by atoms with Crippen LogP contribution in [0.4, 0.5) is 0 Å². The Labute approximate surface area is 80.2 Å². The predicted molar refractivity (Wildman–Crippen MR) is 49.7 cm³/mol. The van der Waals surface area contributed by atoms with Crippen LogP contribution >= 0.6 is 11.7 Å². The molecule has 0 N–H and O–H groups in total. The summed E-state index contributed by atoms with van der Waals surface area (Å²) in [7, 11) is 0. The quantitative estimate of drug-likeness (QED) is 0.624. The van der Waals surface area contributed by atoms with E-state index in [2.05, 4.69) is 8.75 Å². The average Bonchev–Trinajstić information content (AvgIpc) is 2.72. The van der Waals surface area contributed by atoms with Gasteiger partial charge in [-0.15, -0.1) is 0 Å². The second-order valence-corrected chi connectivity index (χ2v) is 3.41. The largest absolute Gasteiger partial charge is 0.330 e. The molecule has 4 nitrogen and oxygen atoms in total. The van der Waals surface area contributed by atoms with Crippen LogP contribution in [-0.2, 0) is 0 Å². The number of carbonyl (C=O) groups excluding carboxylic acids is 1. The van der Waals surface area contributed by atoms with Gasteiger partial charge in [0.2, 0.25) is 0 Å². The van der Waals surface area contributed by atoms with Crippen molar-refractivity contribution in [2.75, 3.05) is 13.1 Å². The first kappa shape index (κ1) is 8.37. The van der Waals surface area contributed by atoms with Gasteiger partial charge in [0.25, 0.3) is 5.91 Å². The van der Waals surface area contributed by atoms with E-state index in [1.807, 2.05) is 12.2 Å². The van der Waals surface area contributed by atoms with Crippen molar-refractivity contribution in [1.29, 1.82) is 0 Å². The predicted octanol–water partition coefficient (Wildman–Crippen LogP) is 0.859. The van der Waals surface area contributed by atoms with Gasteiger partial charge in [-0.2, -0.15) is 8.75 Å². The molecule has 2 heterocycles. The third-order valence-electron chi connectivity index (χ3n) is 1.96. The summed E-state index contributed by atoms with van der Waals surface area (Å²) in [4.78, 5) is 13.5. The molecule has 0 bridgehead atoms. The zero-order valence-electron chi connectivity index (χ0n) is 7.23. The summed E-state index contributed by atoms with van der Waals surface area (Å²) in [6.45, 7) is 3.19. The zero-order valence-corrected chi connectivity index (χ0v) is 8.04. The molecule has 1 amide bonds. The summed E-state index contributed by atoms with van der Waals surface area (Å²) in [5.41, 5.74) is 1.22. The molecule has 13 heavy (non-hydrogen) atoms. The minimum absolute atomic E-state index is 0.0174. The molecule has 0 saturated heterocycles. The Hall–Kier alpha value is -1.23. The third-order valence-corrected chi connectivity index (χ3v) is 2.58. The molecule has 0 fully saturated rings. The maximum Gasteiger partial charge on any atom is 0.276 e. The van der Waals surface area contributed by atoms with E-state index in [1.54, 1.807) is 11.8 Å². The standard InChI is InChI=1S/C8H9N3OS/c1-6-7(10-13-9-6)8(12)11-4-2-3-5-11/h2-3H,4-5H2,1H3. The van der Waals surface area contributed by atoms with Crippen LogP contribution in [-0.4, -0.2) is 32.6 Å². The number of hydrogen-bond acceptors (Lipinski definition) is 4.